The van der Waals surface area contributed by atoms with E-state index in [1.165, 1.54) is 12.1 Å². The molecule has 3 aromatic rings. The third-order valence-corrected chi connectivity index (χ3v) is 5.78. The van der Waals surface area contributed by atoms with Crippen LogP contribution in [0, 0.1) is 5.82 Å². The van der Waals surface area contributed by atoms with Crippen molar-refractivity contribution >= 4 is 35.0 Å². The van der Waals surface area contributed by atoms with Gasteiger partial charge in [0.15, 0.2) is 5.78 Å². The predicted molar refractivity (Wildman–Crippen MR) is 107 cm³/mol. The van der Waals surface area contributed by atoms with Crippen molar-refractivity contribution in [1.29, 1.82) is 0 Å². The van der Waals surface area contributed by atoms with E-state index in [0.717, 1.165) is 18.2 Å². The van der Waals surface area contributed by atoms with Gasteiger partial charge in [-0.15, -0.1) is 0 Å². The number of carboxylic acids is 1. The highest BCUT2D eigenvalue weighted by molar-refractivity contribution is 6.40. The van der Waals surface area contributed by atoms with Crippen molar-refractivity contribution in [2.45, 2.75) is 25.2 Å². The van der Waals surface area contributed by atoms with Crippen LogP contribution < -0.4 is 0 Å². The molecule has 1 aliphatic carbocycles. The number of H-pyrrole nitrogens is 1. The van der Waals surface area contributed by atoms with E-state index in [1.807, 2.05) is 0 Å². The van der Waals surface area contributed by atoms with Gasteiger partial charge in [-0.2, -0.15) is 5.10 Å². The van der Waals surface area contributed by atoms with Crippen molar-refractivity contribution in [3.05, 3.63) is 74.6 Å². The first-order valence-electron chi connectivity index (χ1n) is 8.97. The number of Topliss-reactive ketones (excluding diaryl/α,β-unsaturated/α-hetero) is 1. The zero-order valence-electron chi connectivity index (χ0n) is 15.0. The third kappa shape index (κ3) is 3.43. The van der Waals surface area contributed by atoms with Gasteiger partial charge in [0.05, 0.1) is 32.8 Å². The molecule has 0 amide bonds. The normalized spacial score (nSPS) is 15.8. The summed E-state index contributed by atoms with van der Waals surface area (Å²) < 4.78 is 14.7. The fourth-order valence-electron chi connectivity index (χ4n) is 3.80. The number of rotatable bonds is 4. The third-order valence-electron chi connectivity index (χ3n) is 5.15. The van der Waals surface area contributed by atoms with E-state index < -0.39 is 17.7 Å². The topological polar surface area (TPSA) is 83.0 Å². The van der Waals surface area contributed by atoms with Gasteiger partial charge in [-0.3, -0.25) is 9.89 Å². The molecule has 1 unspecified atom stereocenters. The van der Waals surface area contributed by atoms with E-state index >= 15 is 0 Å². The van der Waals surface area contributed by atoms with Crippen LogP contribution in [0.15, 0.2) is 36.4 Å². The summed E-state index contributed by atoms with van der Waals surface area (Å²) in [7, 11) is 0. The highest BCUT2D eigenvalue weighted by Gasteiger charge is 2.34. The van der Waals surface area contributed by atoms with Gasteiger partial charge in [0.2, 0.25) is 0 Å². The number of carbonyl (C=O) groups excluding carboxylic acids is 1. The zero-order valence-corrected chi connectivity index (χ0v) is 16.5. The Bertz CT molecular complexity index is 1120. The van der Waals surface area contributed by atoms with Crippen LogP contribution in [-0.4, -0.2) is 27.1 Å². The fourth-order valence-corrected chi connectivity index (χ4v) is 4.38. The van der Waals surface area contributed by atoms with Crippen molar-refractivity contribution in [1.82, 2.24) is 10.2 Å². The number of nitrogens with zero attached hydrogens (tertiary/aromatic N) is 1. The van der Waals surface area contributed by atoms with Crippen molar-refractivity contribution in [3.63, 3.8) is 0 Å². The van der Waals surface area contributed by atoms with Crippen LogP contribution in [0.1, 0.15) is 50.7 Å². The second-order valence-electron chi connectivity index (χ2n) is 6.87. The Kier molecular flexibility index (Phi) is 5.15. The first-order chi connectivity index (χ1) is 13.9. The number of carboxylic acid groups (broad SMARTS) is 1. The number of halogens is 3. The molecule has 5 nitrogen and oxygen atoms in total. The number of ketones is 1. The maximum absolute atomic E-state index is 14.7. The van der Waals surface area contributed by atoms with Gasteiger partial charge in [-0.05, 0) is 49.6 Å². The van der Waals surface area contributed by atoms with Gasteiger partial charge in [-0.1, -0.05) is 29.3 Å². The first kappa shape index (κ1) is 19.6. The number of aryl methyl sites for hydroxylation is 1. The van der Waals surface area contributed by atoms with Gasteiger partial charge < -0.3 is 5.11 Å². The summed E-state index contributed by atoms with van der Waals surface area (Å²) in [6, 6.07) is 8.50. The van der Waals surface area contributed by atoms with Crippen LogP contribution in [0.3, 0.4) is 0 Å². The molecule has 1 atom stereocenters. The van der Waals surface area contributed by atoms with E-state index in [1.54, 1.807) is 18.2 Å². The lowest BCUT2D eigenvalue weighted by molar-refractivity contribution is 0.0696. The number of hydrogen-bond acceptors (Lipinski definition) is 3. The van der Waals surface area contributed by atoms with E-state index in [0.29, 0.717) is 24.1 Å². The highest BCUT2D eigenvalue weighted by atomic mass is 35.5. The van der Waals surface area contributed by atoms with Crippen molar-refractivity contribution in [2.24, 2.45) is 0 Å². The second kappa shape index (κ2) is 7.61. The number of hydrogen-bond donors (Lipinski definition) is 2. The number of benzene rings is 2. The summed E-state index contributed by atoms with van der Waals surface area (Å²) in [5.74, 6) is -2.76. The quantitative estimate of drug-likeness (QED) is 0.531. The van der Waals surface area contributed by atoms with Gasteiger partial charge in [0.25, 0.3) is 0 Å². The Morgan fingerprint density at radius 2 is 1.90 bits per heavy atom. The van der Waals surface area contributed by atoms with Crippen molar-refractivity contribution < 1.29 is 19.1 Å². The maximum Gasteiger partial charge on any atom is 0.335 e. The lowest BCUT2D eigenvalue weighted by Gasteiger charge is -2.23. The molecule has 0 radical (unpaired) electrons. The summed E-state index contributed by atoms with van der Waals surface area (Å²) in [4.78, 5) is 24.4. The molecule has 8 heteroatoms. The molecule has 2 aromatic carbocycles. The van der Waals surface area contributed by atoms with Crippen LogP contribution in [0.4, 0.5) is 4.39 Å². The number of carbonyl (C=O) groups is 2. The fraction of sp³-hybridized carbons (Fsp3) is 0.190. The Hall–Kier alpha value is -2.70. The van der Waals surface area contributed by atoms with Crippen molar-refractivity contribution in [2.75, 3.05) is 0 Å². The molecule has 29 heavy (non-hydrogen) atoms. The van der Waals surface area contributed by atoms with Gasteiger partial charge >= 0.3 is 5.97 Å². The molecular weight excluding hydrogens is 418 g/mol. The van der Waals surface area contributed by atoms with Gasteiger partial charge in [0.1, 0.15) is 5.82 Å². The Morgan fingerprint density at radius 3 is 2.55 bits per heavy atom. The summed E-state index contributed by atoms with van der Waals surface area (Å²) in [5, 5.41) is 16.7. The summed E-state index contributed by atoms with van der Waals surface area (Å²) in [6.45, 7) is 0. The molecule has 1 aliphatic rings. The minimum Gasteiger partial charge on any atom is -0.478 e. The van der Waals surface area contributed by atoms with Crippen LogP contribution in [0.5, 0.6) is 0 Å². The number of aromatic carboxylic acids is 1. The lowest BCUT2D eigenvalue weighted by Crippen LogP contribution is -2.19. The minimum absolute atomic E-state index is 0.137. The smallest absolute Gasteiger partial charge is 0.335 e. The van der Waals surface area contributed by atoms with Crippen LogP contribution in [0.25, 0.3) is 11.3 Å². The van der Waals surface area contributed by atoms with Crippen LogP contribution in [0.2, 0.25) is 10.0 Å². The first-order valence-corrected chi connectivity index (χ1v) is 9.72. The molecule has 1 aromatic heterocycles. The van der Waals surface area contributed by atoms with E-state index in [4.69, 9.17) is 28.3 Å². The summed E-state index contributed by atoms with van der Waals surface area (Å²) in [5.41, 5.74) is 1.88. The molecule has 0 bridgehead atoms. The molecule has 1 heterocycles. The van der Waals surface area contributed by atoms with E-state index in [9.17, 15) is 14.0 Å². The molecule has 0 saturated heterocycles. The SMILES string of the molecule is O=C(O)c1ccc(-c2n[nH]c3c2C(C(=O)c2c(Cl)cccc2Cl)CCC3)c(F)c1. The number of fused-ring (bicyclic) bond motifs is 1. The molecule has 0 spiro atoms. The predicted octanol–water partition coefficient (Wildman–Crippen LogP) is 5.52. The minimum atomic E-state index is -1.22. The van der Waals surface area contributed by atoms with E-state index in [-0.39, 0.29) is 32.5 Å². The Morgan fingerprint density at radius 1 is 1.17 bits per heavy atom. The summed E-state index contributed by atoms with van der Waals surface area (Å²) in [6.07, 6.45) is 1.99. The van der Waals surface area contributed by atoms with E-state index in [2.05, 4.69) is 10.2 Å². The van der Waals surface area contributed by atoms with Gasteiger partial charge in [-0.25, -0.2) is 9.18 Å². The average molecular weight is 433 g/mol. The monoisotopic (exact) mass is 432 g/mol. The molecular formula is C21H15Cl2FN2O3. The van der Waals surface area contributed by atoms with Crippen LogP contribution >= 0.6 is 23.2 Å². The molecule has 0 saturated carbocycles. The molecule has 2 N–H and O–H groups in total. The Balaban J connectivity index is 1.82. The highest BCUT2D eigenvalue weighted by Crippen LogP contribution is 2.41. The standard InChI is InChI=1S/C21H15Cl2FN2O3/c22-13-4-2-5-14(23)18(13)20(27)12-3-1-6-16-17(12)19(26-25-16)11-8-7-10(21(28)29)9-15(11)24/h2,4-5,7-9,12H,1,3,6H2,(H,25,26)(H,28,29). The van der Waals surface area contributed by atoms with Crippen LogP contribution in [-0.2, 0) is 6.42 Å². The van der Waals surface area contributed by atoms with Gasteiger partial charge in [0, 0.05) is 16.8 Å². The maximum atomic E-state index is 14.7. The molecule has 0 aliphatic heterocycles. The Labute approximate surface area is 175 Å². The molecule has 4 rings (SSSR count). The average Bonchev–Trinajstić information content (AvgIpc) is 3.11. The number of aromatic amines is 1. The molecule has 0 fully saturated rings. The largest absolute Gasteiger partial charge is 0.478 e. The zero-order chi connectivity index (χ0) is 20.7. The molecule has 148 valence electrons. The lowest BCUT2D eigenvalue weighted by atomic mass is 9.79. The number of nitrogens with one attached hydrogen (secondary N) is 1. The van der Waals surface area contributed by atoms with Crippen molar-refractivity contribution in [3.8, 4) is 11.3 Å². The second-order valence-corrected chi connectivity index (χ2v) is 7.68. The summed E-state index contributed by atoms with van der Waals surface area (Å²) >= 11 is 12.5. The number of aromatic nitrogens is 2.